The maximum atomic E-state index is 12.4. The van der Waals surface area contributed by atoms with Crippen molar-refractivity contribution in [1.29, 1.82) is 0 Å². The van der Waals surface area contributed by atoms with Gasteiger partial charge in [0.2, 0.25) is 0 Å². The molecule has 0 unspecified atom stereocenters. The van der Waals surface area contributed by atoms with Crippen LogP contribution in [0.3, 0.4) is 0 Å². The Balaban J connectivity index is 1.95. The zero-order valence-electron chi connectivity index (χ0n) is 16.3. The molecule has 0 aliphatic heterocycles. The molecule has 5 nitrogen and oxygen atoms in total. The zero-order chi connectivity index (χ0) is 20.5. The van der Waals surface area contributed by atoms with Crippen LogP contribution in [0.25, 0.3) is 0 Å². The number of unbranched alkanes of at least 4 members (excludes halogenated alkanes) is 1. The number of carbonyl (C=O) groups is 1. The SMILES string of the molecule is CCCCOc1cccc(NC(=S)NC(=O)c2ccc(OC(C)C)c(Br)c2)c1. The first-order valence-electron chi connectivity index (χ1n) is 9.20. The number of halogens is 1. The molecule has 150 valence electrons. The van der Waals surface area contributed by atoms with Gasteiger partial charge in [-0.3, -0.25) is 10.1 Å². The third kappa shape index (κ3) is 7.13. The highest BCUT2D eigenvalue weighted by atomic mass is 79.9. The Morgan fingerprint density at radius 1 is 1.21 bits per heavy atom. The Hall–Kier alpha value is -2.12. The highest BCUT2D eigenvalue weighted by Gasteiger charge is 2.12. The molecule has 2 rings (SSSR count). The Labute approximate surface area is 179 Å². The van der Waals surface area contributed by atoms with E-state index in [1.807, 2.05) is 38.1 Å². The van der Waals surface area contributed by atoms with Crippen molar-refractivity contribution in [3.05, 3.63) is 52.5 Å². The molecule has 0 aromatic heterocycles. The average Bonchev–Trinajstić information content (AvgIpc) is 2.63. The van der Waals surface area contributed by atoms with Crippen LogP contribution >= 0.6 is 28.1 Å². The van der Waals surface area contributed by atoms with E-state index in [2.05, 4.69) is 33.5 Å². The van der Waals surface area contributed by atoms with Gasteiger partial charge in [0, 0.05) is 17.3 Å². The monoisotopic (exact) mass is 464 g/mol. The Morgan fingerprint density at radius 3 is 2.68 bits per heavy atom. The van der Waals surface area contributed by atoms with Gasteiger partial charge in [0.15, 0.2) is 5.11 Å². The van der Waals surface area contributed by atoms with E-state index < -0.39 is 0 Å². The summed E-state index contributed by atoms with van der Waals surface area (Å²) in [5.41, 5.74) is 1.23. The fourth-order valence-corrected chi connectivity index (χ4v) is 3.01. The third-order valence-corrected chi connectivity index (χ3v) is 4.47. The van der Waals surface area contributed by atoms with E-state index >= 15 is 0 Å². The predicted octanol–water partition coefficient (Wildman–Crippen LogP) is 5.54. The normalized spacial score (nSPS) is 10.5. The van der Waals surface area contributed by atoms with Gasteiger partial charge in [-0.25, -0.2) is 0 Å². The molecule has 2 aromatic carbocycles. The van der Waals surface area contributed by atoms with Crippen LogP contribution in [0.4, 0.5) is 5.69 Å². The van der Waals surface area contributed by atoms with Crippen LogP contribution in [0.2, 0.25) is 0 Å². The van der Waals surface area contributed by atoms with Crippen molar-refractivity contribution in [1.82, 2.24) is 5.32 Å². The summed E-state index contributed by atoms with van der Waals surface area (Å²) in [5, 5.41) is 5.91. The van der Waals surface area contributed by atoms with E-state index in [1.54, 1.807) is 18.2 Å². The van der Waals surface area contributed by atoms with Crippen LogP contribution in [0.5, 0.6) is 11.5 Å². The van der Waals surface area contributed by atoms with Gasteiger partial charge in [0.25, 0.3) is 5.91 Å². The van der Waals surface area contributed by atoms with Crippen LogP contribution < -0.4 is 20.1 Å². The molecule has 28 heavy (non-hydrogen) atoms. The lowest BCUT2D eigenvalue weighted by molar-refractivity contribution is 0.0977. The minimum atomic E-state index is -0.301. The number of nitrogens with one attached hydrogen (secondary N) is 2. The molecule has 0 spiro atoms. The number of anilines is 1. The first-order valence-corrected chi connectivity index (χ1v) is 10.4. The molecular weight excluding hydrogens is 440 g/mol. The average molecular weight is 465 g/mol. The van der Waals surface area contributed by atoms with Crippen molar-refractivity contribution < 1.29 is 14.3 Å². The van der Waals surface area contributed by atoms with Crippen molar-refractivity contribution in [2.75, 3.05) is 11.9 Å². The minimum Gasteiger partial charge on any atom is -0.494 e. The molecule has 0 bridgehead atoms. The van der Waals surface area contributed by atoms with Crippen LogP contribution in [0.15, 0.2) is 46.9 Å². The van der Waals surface area contributed by atoms with Crippen molar-refractivity contribution in [3.63, 3.8) is 0 Å². The second kappa shape index (κ2) is 11.0. The quantitative estimate of drug-likeness (QED) is 0.396. The predicted molar refractivity (Wildman–Crippen MR) is 120 cm³/mol. The van der Waals surface area contributed by atoms with Crippen LogP contribution in [0, 0.1) is 0 Å². The lowest BCUT2D eigenvalue weighted by Crippen LogP contribution is -2.34. The molecule has 0 fully saturated rings. The highest BCUT2D eigenvalue weighted by Crippen LogP contribution is 2.27. The van der Waals surface area contributed by atoms with Crippen molar-refractivity contribution in [3.8, 4) is 11.5 Å². The van der Waals surface area contributed by atoms with Crippen molar-refractivity contribution >= 4 is 44.9 Å². The lowest BCUT2D eigenvalue weighted by atomic mass is 10.2. The molecule has 0 saturated heterocycles. The summed E-state index contributed by atoms with van der Waals surface area (Å²) in [6.45, 7) is 6.68. The van der Waals surface area contributed by atoms with Crippen LogP contribution in [-0.4, -0.2) is 23.7 Å². The van der Waals surface area contributed by atoms with Crippen LogP contribution in [-0.2, 0) is 0 Å². The van der Waals surface area contributed by atoms with E-state index in [1.165, 1.54) is 0 Å². The number of amides is 1. The largest absolute Gasteiger partial charge is 0.494 e. The number of hydrogen-bond acceptors (Lipinski definition) is 4. The Bertz CT molecular complexity index is 827. The fraction of sp³-hybridized carbons (Fsp3) is 0.333. The summed E-state index contributed by atoms with van der Waals surface area (Å²) in [5.74, 6) is 1.15. The summed E-state index contributed by atoms with van der Waals surface area (Å²) in [7, 11) is 0. The molecule has 2 N–H and O–H groups in total. The van der Waals surface area contributed by atoms with E-state index in [4.69, 9.17) is 21.7 Å². The second-order valence-corrected chi connectivity index (χ2v) is 7.71. The van der Waals surface area contributed by atoms with Gasteiger partial charge in [0.05, 0.1) is 17.2 Å². The van der Waals surface area contributed by atoms with E-state index in [-0.39, 0.29) is 17.1 Å². The lowest BCUT2D eigenvalue weighted by Gasteiger charge is -2.13. The summed E-state index contributed by atoms with van der Waals surface area (Å²) in [4.78, 5) is 12.4. The molecule has 2 aromatic rings. The van der Waals surface area contributed by atoms with Gasteiger partial charge >= 0.3 is 0 Å². The van der Waals surface area contributed by atoms with Gasteiger partial charge in [-0.15, -0.1) is 0 Å². The maximum Gasteiger partial charge on any atom is 0.257 e. The summed E-state index contributed by atoms with van der Waals surface area (Å²) < 4.78 is 12.1. The molecule has 0 radical (unpaired) electrons. The van der Waals surface area contributed by atoms with Gasteiger partial charge in [-0.2, -0.15) is 0 Å². The second-order valence-electron chi connectivity index (χ2n) is 6.45. The summed E-state index contributed by atoms with van der Waals surface area (Å²) in [6, 6.07) is 12.6. The fourth-order valence-electron chi connectivity index (χ4n) is 2.33. The molecular formula is C21H25BrN2O3S. The molecule has 0 aliphatic carbocycles. The first kappa shape index (κ1) is 22.2. The van der Waals surface area contributed by atoms with E-state index in [0.717, 1.165) is 24.3 Å². The van der Waals surface area contributed by atoms with Gasteiger partial charge in [-0.05, 0) is 78.7 Å². The third-order valence-electron chi connectivity index (χ3n) is 3.64. The number of carbonyl (C=O) groups excluding carboxylic acids is 1. The molecule has 0 atom stereocenters. The summed E-state index contributed by atoms with van der Waals surface area (Å²) >= 11 is 8.69. The van der Waals surface area contributed by atoms with E-state index in [0.29, 0.717) is 22.4 Å². The van der Waals surface area contributed by atoms with Gasteiger partial charge in [0.1, 0.15) is 11.5 Å². The number of hydrogen-bond donors (Lipinski definition) is 2. The molecule has 1 amide bonds. The van der Waals surface area contributed by atoms with Crippen molar-refractivity contribution in [2.45, 2.75) is 39.7 Å². The standard InChI is InChI=1S/C21H25BrN2O3S/c1-4-5-11-26-17-8-6-7-16(13-17)23-21(28)24-20(25)15-9-10-19(18(22)12-15)27-14(2)3/h6-10,12-14H,4-5,11H2,1-3H3,(H2,23,24,25,28). The molecule has 0 saturated carbocycles. The number of rotatable bonds is 8. The molecule has 0 heterocycles. The number of benzene rings is 2. The van der Waals surface area contributed by atoms with Gasteiger partial charge < -0.3 is 14.8 Å². The number of thiocarbonyl (C=S) groups is 1. The maximum absolute atomic E-state index is 12.4. The zero-order valence-corrected chi connectivity index (χ0v) is 18.7. The van der Waals surface area contributed by atoms with E-state index in [9.17, 15) is 4.79 Å². The van der Waals surface area contributed by atoms with Gasteiger partial charge in [-0.1, -0.05) is 19.4 Å². The smallest absolute Gasteiger partial charge is 0.257 e. The minimum absolute atomic E-state index is 0.0504. The Morgan fingerprint density at radius 2 is 2.00 bits per heavy atom. The topological polar surface area (TPSA) is 59.6 Å². The highest BCUT2D eigenvalue weighted by molar-refractivity contribution is 9.10. The molecule has 7 heteroatoms. The summed E-state index contributed by atoms with van der Waals surface area (Å²) in [6.07, 6.45) is 2.13. The Kier molecular flexibility index (Phi) is 8.73. The molecule has 0 aliphatic rings. The first-order chi connectivity index (χ1) is 13.4. The van der Waals surface area contributed by atoms with Crippen molar-refractivity contribution in [2.24, 2.45) is 0 Å². The number of ether oxygens (including phenoxy) is 2. The van der Waals surface area contributed by atoms with Crippen LogP contribution in [0.1, 0.15) is 44.0 Å².